The molecule has 0 aromatic heterocycles. The second-order valence-electron chi connectivity index (χ2n) is 5.81. The fraction of sp³-hybridized carbons (Fsp3) is 0.643. The highest BCUT2D eigenvalue weighted by Crippen LogP contribution is 2.34. The maximum Gasteiger partial charge on any atom is 0.406 e. The first-order valence-electron chi connectivity index (χ1n) is 7.21. The van der Waals surface area contributed by atoms with E-state index < -0.39 is 42.0 Å². The number of carbonyl (C=O) groups excluding carboxylic acids is 2. The normalized spacial score (nSPS) is 23.9. The van der Waals surface area contributed by atoms with Gasteiger partial charge in [-0.05, 0) is 25.7 Å². The number of carbonyl (C=O) groups is 3. The van der Waals surface area contributed by atoms with Crippen LogP contribution in [0.5, 0.6) is 0 Å². The highest BCUT2D eigenvalue weighted by molar-refractivity contribution is 6.04. The smallest absolute Gasteiger partial charge is 0.406 e. The number of rotatable bonds is 4. The zero-order chi connectivity index (χ0) is 17.3. The Kier molecular flexibility index (Phi) is 4.67. The lowest BCUT2D eigenvalue weighted by molar-refractivity contribution is -0.166. The van der Waals surface area contributed by atoms with Gasteiger partial charge in [-0.2, -0.15) is 13.2 Å². The van der Waals surface area contributed by atoms with E-state index in [1.807, 2.05) is 0 Å². The number of hydrogen-bond donors (Lipinski definition) is 2. The molecule has 1 unspecified atom stereocenters. The lowest BCUT2D eigenvalue weighted by atomic mass is 9.84. The molecule has 0 saturated carbocycles. The number of carboxylic acid groups (broad SMARTS) is 1. The molecule has 6 nitrogen and oxygen atoms in total. The van der Waals surface area contributed by atoms with Crippen LogP contribution in [-0.2, 0) is 14.4 Å². The molecule has 1 saturated heterocycles. The summed E-state index contributed by atoms with van der Waals surface area (Å²) in [5.41, 5.74) is -1.67. The molecule has 2 amide bonds. The number of hydrogen-bond acceptors (Lipinski definition) is 3. The third-order valence-electron chi connectivity index (χ3n) is 4.15. The van der Waals surface area contributed by atoms with Crippen molar-refractivity contribution in [2.75, 3.05) is 13.1 Å². The minimum atomic E-state index is -4.51. The number of aliphatic carboxylic acids is 1. The predicted molar refractivity (Wildman–Crippen MR) is 72.2 cm³/mol. The van der Waals surface area contributed by atoms with Crippen LogP contribution in [0, 0.1) is 5.41 Å². The topological polar surface area (TPSA) is 86.7 Å². The quantitative estimate of drug-likeness (QED) is 0.595. The molecule has 2 rings (SSSR count). The number of nitrogens with zero attached hydrogens (tertiary/aromatic N) is 1. The van der Waals surface area contributed by atoms with E-state index in [0.717, 1.165) is 0 Å². The summed E-state index contributed by atoms with van der Waals surface area (Å²) in [6, 6.07) is -1.12. The van der Waals surface area contributed by atoms with Gasteiger partial charge in [0.2, 0.25) is 11.8 Å². The molecule has 128 valence electrons. The molecule has 1 atom stereocenters. The summed E-state index contributed by atoms with van der Waals surface area (Å²) in [7, 11) is 0. The first-order chi connectivity index (χ1) is 10.7. The molecular weight excluding hydrogens is 317 g/mol. The standard InChI is InChI=1S/C14H17F3N2O4/c15-14(16,17)8-19-7-3-4-9(10(19)20)18-11(21)13(12(22)23)5-1-2-6-13/h1-2,9H,3-8H2,(H,18,21)(H,22,23). The molecular formula is C14H17F3N2O4. The maximum absolute atomic E-state index is 12.4. The van der Waals surface area contributed by atoms with Crippen LogP contribution in [0.4, 0.5) is 13.2 Å². The molecule has 1 aliphatic heterocycles. The van der Waals surface area contributed by atoms with E-state index in [4.69, 9.17) is 0 Å². The summed E-state index contributed by atoms with van der Waals surface area (Å²) in [6.07, 6.45) is -0.881. The fourth-order valence-electron chi connectivity index (χ4n) is 2.85. The van der Waals surface area contributed by atoms with Crippen molar-refractivity contribution < 1.29 is 32.7 Å². The Labute approximate surface area is 130 Å². The van der Waals surface area contributed by atoms with Crippen molar-refractivity contribution in [1.29, 1.82) is 0 Å². The van der Waals surface area contributed by atoms with Crippen molar-refractivity contribution in [1.82, 2.24) is 10.2 Å². The molecule has 1 fully saturated rings. The van der Waals surface area contributed by atoms with Gasteiger partial charge < -0.3 is 15.3 Å². The van der Waals surface area contributed by atoms with Gasteiger partial charge in [0, 0.05) is 6.54 Å². The van der Waals surface area contributed by atoms with Gasteiger partial charge in [-0.1, -0.05) is 12.2 Å². The van der Waals surface area contributed by atoms with Crippen LogP contribution in [-0.4, -0.2) is 53.1 Å². The van der Waals surface area contributed by atoms with Crippen molar-refractivity contribution in [2.24, 2.45) is 5.41 Å². The number of halogens is 3. The zero-order valence-electron chi connectivity index (χ0n) is 12.2. The number of amides is 2. The number of allylic oxidation sites excluding steroid dienone is 2. The van der Waals surface area contributed by atoms with Gasteiger partial charge in [0.15, 0.2) is 5.41 Å². The maximum atomic E-state index is 12.4. The number of nitrogens with one attached hydrogen (secondary N) is 1. The van der Waals surface area contributed by atoms with Crippen molar-refractivity contribution in [3.63, 3.8) is 0 Å². The van der Waals surface area contributed by atoms with E-state index in [-0.39, 0.29) is 25.8 Å². The number of piperidine rings is 1. The summed E-state index contributed by atoms with van der Waals surface area (Å²) in [4.78, 5) is 36.4. The van der Waals surface area contributed by atoms with Crippen LogP contribution in [0.2, 0.25) is 0 Å². The lowest BCUT2D eigenvalue weighted by Gasteiger charge is -2.34. The van der Waals surface area contributed by atoms with Crippen molar-refractivity contribution in [2.45, 2.75) is 37.9 Å². The molecule has 2 N–H and O–H groups in total. The summed E-state index contributed by atoms with van der Waals surface area (Å²) in [5.74, 6) is -2.97. The average molecular weight is 334 g/mol. The zero-order valence-corrected chi connectivity index (χ0v) is 12.2. The Bertz CT molecular complexity index is 537. The van der Waals surface area contributed by atoms with Gasteiger partial charge >= 0.3 is 12.1 Å². The molecule has 0 radical (unpaired) electrons. The van der Waals surface area contributed by atoms with E-state index in [1.54, 1.807) is 12.2 Å². The predicted octanol–water partition coefficient (Wildman–Crippen LogP) is 1.08. The van der Waals surface area contributed by atoms with Gasteiger partial charge in [0.05, 0.1) is 0 Å². The van der Waals surface area contributed by atoms with Gasteiger partial charge in [0.1, 0.15) is 12.6 Å². The average Bonchev–Trinajstić information content (AvgIpc) is 2.92. The molecule has 1 aliphatic carbocycles. The highest BCUT2D eigenvalue weighted by Gasteiger charge is 2.48. The minimum Gasteiger partial charge on any atom is -0.480 e. The van der Waals surface area contributed by atoms with Crippen LogP contribution in [0.1, 0.15) is 25.7 Å². The fourth-order valence-corrected chi connectivity index (χ4v) is 2.85. The molecule has 0 aromatic rings. The summed E-state index contributed by atoms with van der Waals surface area (Å²) >= 11 is 0. The molecule has 0 spiro atoms. The number of alkyl halides is 3. The van der Waals surface area contributed by atoms with Crippen molar-refractivity contribution in [3.05, 3.63) is 12.2 Å². The molecule has 2 aliphatic rings. The van der Waals surface area contributed by atoms with Crippen LogP contribution in [0.3, 0.4) is 0 Å². The third kappa shape index (κ3) is 3.65. The Hall–Kier alpha value is -2.06. The van der Waals surface area contributed by atoms with Crippen LogP contribution in [0.15, 0.2) is 12.2 Å². The van der Waals surface area contributed by atoms with E-state index >= 15 is 0 Å². The van der Waals surface area contributed by atoms with Crippen LogP contribution < -0.4 is 5.32 Å². The first-order valence-corrected chi connectivity index (χ1v) is 7.21. The summed E-state index contributed by atoms with van der Waals surface area (Å²) in [5, 5.41) is 11.6. The monoisotopic (exact) mass is 334 g/mol. The van der Waals surface area contributed by atoms with Crippen molar-refractivity contribution in [3.8, 4) is 0 Å². The van der Waals surface area contributed by atoms with Crippen molar-refractivity contribution >= 4 is 17.8 Å². The SMILES string of the molecule is O=C1C(NC(=O)C2(C(=O)O)CC=CC2)CCCN1CC(F)(F)F. The first kappa shape index (κ1) is 17.3. The highest BCUT2D eigenvalue weighted by atomic mass is 19.4. The second-order valence-corrected chi connectivity index (χ2v) is 5.81. The molecule has 23 heavy (non-hydrogen) atoms. The third-order valence-corrected chi connectivity index (χ3v) is 4.15. The Morgan fingerprint density at radius 3 is 2.48 bits per heavy atom. The van der Waals surface area contributed by atoms with E-state index in [0.29, 0.717) is 11.3 Å². The summed E-state index contributed by atoms with van der Waals surface area (Å²) in [6.45, 7) is -1.40. The second kappa shape index (κ2) is 6.21. The van der Waals surface area contributed by atoms with Crippen LogP contribution in [0.25, 0.3) is 0 Å². The summed E-state index contributed by atoms with van der Waals surface area (Å²) < 4.78 is 37.3. The molecule has 9 heteroatoms. The largest absolute Gasteiger partial charge is 0.480 e. The van der Waals surface area contributed by atoms with E-state index in [2.05, 4.69) is 5.32 Å². The molecule has 1 heterocycles. The van der Waals surface area contributed by atoms with Gasteiger partial charge in [-0.15, -0.1) is 0 Å². The Morgan fingerprint density at radius 1 is 1.35 bits per heavy atom. The lowest BCUT2D eigenvalue weighted by Crippen LogP contribution is -2.57. The molecule has 0 aromatic carbocycles. The van der Waals surface area contributed by atoms with Gasteiger partial charge in [-0.25, -0.2) is 0 Å². The Morgan fingerprint density at radius 2 is 1.96 bits per heavy atom. The minimum absolute atomic E-state index is 0.00133. The van der Waals surface area contributed by atoms with Gasteiger partial charge in [0.25, 0.3) is 0 Å². The number of likely N-dealkylation sites (tertiary alicyclic amines) is 1. The van der Waals surface area contributed by atoms with Crippen LogP contribution >= 0.6 is 0 Å². The van der Waals surface area contributed by atoms with E-state index in [1.165, 1.54) is 0 Å². The van der Waals surface area contributed by atoms with E-state index in [9.17, 15) is 32.7 Å². The van der Waals surface area contributed by atoms with Gasteiger partial charge in [-0.3, -0.25) is 14.4 Å². The number of carboxylic acids is 1. The molecule has 0 bridgehead atoms. The Balaban J connectivity index is 2.05.